The number of thiophene rings is 2. The summed E-state index contributed by atoms with van der Waals surface area (Å²) in [6.45, 7) is 5.50. The number of nitrogens with zero attached hydrogens (tertiary/aromatic N) is 3. The van der Waals surface area contributed by atoms with Crippen LogP contribution in [0.25, 0.3) is 5.00 Å². The molecule has 3 aromatic rings. The van der Waals surface area contributed by atoms with E-state index in [-0.39, 0.29) is 11.9 Å². The molecule has 0 atom stereocenters. The summed E-state index contributed by atoms with van der Waals surface area (Å²) in [6, 6.07) is 3.80. The van der Waals surface area contributed by atoms with Gasteiger partial charge in [-0.15, -0.1) is 22.7 Å². The number of anilines is 1. The highest BCUT2D eigenvalue weighted by Crippen LogP contribution is 2.39. The van der Waals surface area contributed by atoms with Crippen molar-refractivity contribution in [2.45, 2.75) is 45.2 Å². The van der Waals surface area contributed by atoms with Crippen LogP contribution in [-0.2, 0) is 32.4 Å². The van der Waals surface area contributed by atoms with Gasteiger partial charge in [-0.3, -0.25) is 10.1 Å². The van der Waals surface area contributed by atoms with Gasteiger partial charge in [0, 0.05) is 67.0 Å². The van der Waals surface area contributed by atoms with Crippen molar-refractivity contribution in [3.63, 3.8) is 0 Å². The first kappa shape index (κ1) is 24.7. The third-order valence-corrected chi connectivity index (χ3v) is 10.2. The van der Waals surface area contributed by atoms with E-state index in [2.05, 4.69) is 44.9 Å². The van der Waals surface area contributed by atoms with Crippen molar-refractivity contribution in [3.8, 4) is 5.00 Å². The van der Waals surface area contributed by atoms with E-state index in [0.717, 1.165) is 87.5 Å². The van der Waals surface area contributed by atoms with Gasteiger partial charge in [-0.05, 0) is 69.0 Å². The van der Waals surface area contributed by atoms with Crippen molar-refractivity contribution in [3.05, 3.63) is 56.5 Å². The second-order valence-electron chi connectivity index (χ2n) is 10.1. The fourth-order valence-electron chi connectivity index (χ4n) is 5.61. The van der Waals surface area contributed by atoms with Gasteiger partial charge in [-0.25, -0.2) is 4.79 Å². The Bertz CT molecular complexity index is 1290. The van der Waals surface area contributed by atoms with Crippen LogP contribution in [0.3, 0.4) is 0 Å². The molecule has 3 N–H and O–H groups in total. The van der Waals surface area contributed by atoms with Crippen molar-refractivity contribution in [2.75, 3.05) is 45.1 Å². The lowest BCUT2D eigenvalue weighted by atomic mass is 9.95. The number of amides is 3. The molecule has 2 aliphatic heterocycles. The monoisotopic (exact) mass is 538 g/mol. The quantitative estimate of drug-likeness (QED) is 0.461. The third-order valence-electron chi connectivity index (χ3n) is 7.68. The maximum Gasteiger partial charge on any atom is 0.320 e. The van der Waals surface area contributed by atoms with Gasteiger partial charge in [0.2, 0.25) is 0 Å². The number of carbonyl (C=O) groups excluding carboxylic acids is 2. The molecule has 0 unspecified atom stereocenters. The first-order valence-corrected chi connectivity index (χ1v) is 14.9. The Labute approximate surface area is 225 Å². The van der Waals surface area contributed by atoms with Crippen LogP contribution < -0.4 is 16.0 Å². The van der Waals surface area contributed by atoms with E-state index in [1.165, 1.54) is 20.9 Å². The fourth-order valence-corrected chi connectivity index (χ4v) is 8.19. The molecule has 1 aliphatic carbocycles. The van der Waals surface area contributed by atoms with E-state index >= 15 is 0 Å². The summed E-state index contributed by atoms with van der Waals surface area (Å²) in [7, 11) is 2.09. The van der Waals surface area contributed by atoms with Gasteiger partial charge in [0.25, 0.3) is 5.91 Å². The molecule has 37 heavy (non-hydrogen) atoms. The molecule has 1 fully saturated rings. The summed E-state index contributed by atoms with van der Waals surface area (Å²) in [5.41, 5.74) is 4.42. The fraction of sp³-hybridized carbons (Fsp3) is 0.481. The van der Waals surface area contributed by atoms with Crippen LogP contribution in [0.15, 0.2) is 24.5 Å². The lowest BCUT2D eigenvalue weighted by Gasteiger charge is -2.33. The summed E-state index contributed by atoms with van der Waals surface area (Å²) in [5.74, 6) is 0.0668. The predicted octanol–water partition coefficient (Wildman–Crippen LogP) is 3.83. The Morgan fingerprint density at radius 2 is 1.76 bits per heavy atom. The lowest BCUT2D eigenvalue weighted by molar-refractivity contribution is 0.0664. The summed E-state index contributed by atoms with van der Waals surface area (Å²) >= 11 is 3.38. The van der Waals surface area contributed by atoms with Crippen molar-refractivity contribution in [2.24, 2.45) is 0 Å². The van der Waals surface area contributed by atoms with Crippen LogP contribution >= 0.6 is 22.7 Å². The summed E-state index contributed by atoms with van der Waals surface area (Å²) in [4.78, 5) is 33.7. The molecule has 0 bridgehead atoms. The van der Waals surface area contributed by atoms with Crippen LogP contribution in [0.2, 0.25) is 0 Å². The number of likely N-dealkylation sites (N-methyl/N-ethyl adjacent to an activating group) is 1. The number of aromatic nitrogens is 1. The molecule has 3 amide bonds. The Morgan fingerprint density at radius 3 is 2.57 bits per heavy atom. The molecule has 8 nitrogen and oxygen atoms in total. The smallest absolute Gasteiger partial charge is 0.320 e. The molecule has 3 aromatic heterocycles. The Hall–Kier alpha value is -2.66. The maximum atomic E-state index is 13.7. The molecular formula is C27H34N6O2S2. The minimum atomic E-state index is -0.252. The number of urea groups is 1. The van der Waals surface area contributed by atoms with E-state index in [1.807, 2.05) is 17.0 Å². The average molecular weight is 539 g/mol. The van der Waals surface area contributed by atoms with Crippen molar-refractivity contribution in [1.82, 2.24) is 25.0 Å². The highest BCUT2D eigenvalue weighted by atomic mass is 32.1. The normalized spacial score (nSPS) is 17.8. The molecular weight excluding hydrogens is 504 g/mol. The third kappa shape index (κ3) is 4.95. The second kappa shape index (κ2) is 10.6. The van der Waals surface area contributed by atoms with Gasteiger partial charge < -0.3 is 25.0 Å². The standard InChI is InChI=1S/C27H34N6O2S2/c1-31-12-14-32(15-13-31)25(34)23-19-6-2-3-7-21(19)36-24(23)30-27(35)29-16-20-18-8-9-28-17-22(18)37-26(20)33-10-4-5-11-33/h4-5,10-11,28H,2-3,6-9,12-17H2,1H3,(H2,29,30,35). The molecule has 196 valence electrons. The number of nitrogens with one attached hydrogen (secondary N) is 3. The van der Waals surface area contributed by atoms with Crippen LogP contribution in [0.5, 0.6) is 0 Å². The highest BCUT2D eigenvalue weighted by Gasteiger charge is 2.30. The average Bonchev–Trinajstić information content (AvgIpc) is 3.64. The molecule has 10 heteroatoms. The number of fused-ring (bicyclic) bond motifs is 2. The first-order chi connectivity index (χ1) is 18.1. The number of hydrogen-bond donors (Lipinski definition) is 3. The van der Waals surface area contributed by atoms with Gasteiger partial charge in [-0.2, -0.15) is 0 Å². The number of carbonyl (C=O) groups is 2. The topological polar surface area (TPSA) is 81.6 Å². The summed E-state index contributed by atoms with van der Waals surface area (Å²) in [5, 5.41) is 11.5. The number of piperazine rings is 1. The van der Waals surface area contributed by atoms with E-state index in [1.54, 1.807) is 22.7 Å². The highest BCUT2D eigenvalue weighted by molar-refractivity contribution is 7.17. The largest absolute Gasteiger partial charge is 0.336 e. The van der Waals surface area contributed by atoms with Crippen LogP contribution in [0.4, 0.5) is 9.80 Å². The molecule has 1 saturated heterocycles. The van der Waals surface area contributed by atoms with Gasteiger partial charge in [0.1, 0.15) is 10.0 Å². The Morgan fingerprint density at radius 1 is 0.973 bits per heavy atom. The minimum absolute atomic E-state index is 0.0668. The van der Waals surface area contributed by atoms with E-state index in [0.29, 0.717) is 11.5 Å². The zero-order valence-electron chi connectivity index (χ0n) is 21.3. The van der Waals surface area contributed by atoms with E-state index in [4.69, 9.17) is 0 Å². The number of hydrogen-bond acceptors (Lipinski definition) is 6. The second-order valence-corrected chi connectivity index (χ2v) is 12.3. The Kier molecular flexibility index (Phi) is 7.07. The number of rotatable bonds is 5. The molecule has 0 saturated carbocycles. The zero-order chi connectivity index (χ0) is 25.4. The van der Waals surface area contributed by atoms with Crippen molar-refractivity contribution in [1.29, 1.82) is 0 Å². The first-order valence-electron chi connectivity index (χ1n) is 13.2. The van der Waals surface area contributed by atoms with Crippen LogP contribution in [-0.4, -0.2) is 66.1 Å². The summed E-state index contributed by atoms with van der Waals surface area (Å²) in [6.07, 6.45) is 9.22. The molecule has 3 aliphatic rings. The van der Waals surface area contributed by atoms with Crippen LogP contribution in [0, 0.1) is 0 Å². The predicted molar refractivity (Wildman–Crippen MR) is 149 cm³/mol. The molecule has 0 spiro atoms. The van der Waals surface area contributed by atoms with Gasteiger partial charge in [0.05, 0.1) is 5.56 Å². The minimum Gasteiger partial charge on any atom is -0.336 e. The molecule has 0 radical (unpaired) electrons. The van der Waals surface area contributed by atoms with Crippen LogP contribution in [0.1, 0.15) is 49.6 Å². The van der Waals surface area contributed by atoms with Crippen molar-refractivity contribution < 1.29 is 9.59 Å². The number of aryl methyl sites for hydroxylation is 1. The van der Waals surface area contributed by atoms with Gasteiger partial charge >= 0.3 is 6.03 Å². The molecule has 0 aromatic carbocycles. The van der Waals surface area contributed by atoms with Gasteiger partial charge in [-0.1, -0.05) is 0 Å². The summed E-state index contributed by atoms with van der Waals surface area (Å²) < 4.78 is 2.14. The molecule has 6 rings (SSSR count). The lowest BCUT2D eigenvalue weighted by Crippen LogP contribution is -2.47. The Balaban J connectivity index is 1.22. The zero-order valence-corrected chi connectivity index (χ0v) is 22.9. The molecule has 5 heterocycles. The van der Waals surface area contributed by atoms with Gasteiger partial charge in [0.15, 0.2) is 0 Å². The van der Waals surface area contributed by atoms with E-state index < -0.39 is 0 Å². The SMILES string of the molecule is CN1CCN(C(=O)c2c(NC(=O)NCc3c(-n4cccc4)sc4c3CCNC4)sc3c2CCCC3)CC1. The van der Waals surface area contributed by atoms with E-state index in [9.17, 15) is 9.59 Å². The maximum absolute atomic E-state index is 13.7. The van der Waals surface area contributed by atoms with Crippen molar-refractivity contribution >= 4 is 39.6 Å².